The van der Waals surface area contributed by atoms with Crippen LogP contribution >= 0.6 is 0 Å². The van der Waals surface area contributed by atoms with E-state index in [0.717, 1.165) is 5.01 Å². The minimum atomic E-state index is -0.821. The van der Waals surface area contributed by atoms with Crippen LogP contribution in [0.1, 0.15) is 0 Å². The molecule has 78 valence electrons. The number of fused-ring (bicyclic) bond motifs is 1. The van der Waals surface area contributed by atoms with Gasteiger partial charge in [-0.15, -0.1) is 4.91 Å². The average molecular weight is 201 g/mol. The zero-order valence-corrected chi connectivity index (χ0v) is 7.46. The summed E-state index contributed by atoms with van der Waals surface area (Å²) in [5, 5.41) is 3.37. The predicted molar refractivity (Wildman–Crippen MR) is 44.8 cm³/mol. The monoisotopic (exact) mass is 201 g/mol. The van der Waals surface area contributed by atoms with Crippen molar-refractivity contribution in [1.29, 1.82) is 0 Å². The summed E-state index contributed by atoms with van der Waals surface area (Å²) in [6.07, 6.45) is 0. The molecule has 7 nitrogen and oxygen atoms in total. The van der Waals surface area contributed by atoms with Crippen molar-refractivity contribution >= 4 is 6.03 Å². The topological polar surface area (TPSA) is 94.2 Å². The molecular weight excluding hydrogens is 190 g/mol. The number of nitrogens with zero attached hydrogens (tertiary/aromatic N) is 2. The molecule has 2 aliphatic rings. The second-order valence-electron chi connectivity index (χ2n) is 3.44. The van der Waals surface area contributed by atoms with Gasteiger partial charge in [0.2, 0.25) is 0 Å². The van der Waals surface area contributed by atoms with Crippen molar-refractivity contribution in [3.05, 3.63) is 4.91 Å². The molecule has 14 heavy (non-hydrogen) atoms. The number of carbonyl (C=O) groups is 1. The Morgan fingerprint density at radius 2 is 1.93 bits per heavy atom. The molecule has 0 aromatic heterocycles. The molecule has 0 bridgehead atoms. The van der Waals surface area contributed by atoms with E-state index in [1.165, 1.54) is 0 Å². The lowest BCUT2D eigenvalue weighted by atomic mass is 10.3. The first-order valence-electron chi connectivity index (χ1n) is 4.33. The van der Waals surface area contributed by atoms with Crippen LogP contribution in [0.2, 0.25) is 0 Å². The highest BCUT2D eigenvalue weighted by Crippen LogP contribution is 2.44. The summed E-state index contributed by atoms with van der Waals surface area (Å²) in [7, 11) is 0. The summed E-state index contributed by atoms with van der Waals surface area (Å²) in [5.74, 6) is 0.255. The molecule has 2 unspecified atom stereocenters. The normalized spacial score (nSPS) is 35.3. The Balaban J connectivity index is 2.00. The van der Waals surface area contributed by atoms with E-state index in [1.807, 2.05) is 0 Å². The van der Waals surface area contributed by atoms with Crippen molar-refractivity contribution in [2.45, 2.75) is 6.04 Å². The number of ether oxygens (including phenoxy) is 2. The Labute approximate surface area is 80.1 Å². The molecule has 0 spiro atoms. The second kappa shape index (κ2) is 3.50. The van der Waals surface area contributed by atoms with Crippen molar-refractivity contribution in [3.8, 4) is 0 Å². The molecule has 2 N–H and O–H groups in total. The highest BCUT2D eigenvalue weighted by molar-refractivity contribution is 5.72. The maximum absolute atomic E-state index is 10.8. The van der Waals surface area contributed by atoms with E-state index in [9.17, 15) is 9.70 Å². The third-order valence-electron chi connectivity index (χ3n) is 2.67. The van der Waals surface area contributed by atoms with Gasteiger partial charge >= 0.3 is 6.03 Å². The van der Waals surface area contributed by atoms with Crippen LogP contribution < -0.4 is 5.73 Å². The van der Waals surface area contributed by atoms with E-state index < -0.39 is 6.03 Å². The van der Waals surface area contributed by atoms with Gasteiger partial charge in [-0.2, -0.15) is 5.01 Å². The number of amides is 2. The van der Waals surface area contributed by atoms with Gasteiger partial charge in [0.15, 0.2) is 0 Å². The molecule has 1 saturated heterocycles. The zero-order valence-electron chi connectivity index (χ0n) is 7.46. The van der Waals surface area contributed by atoms with Gasteiger partial charge in [-0.1, -0.05) is 0 Å². The molecule has 1 aliphatic carbocycles. The molecule has 1 heterocycles. The van der Waals surface area contributed by atoms with Crippen LogP contribution in [-0.4, -0.2) is 37.1 Å². The molecule has 2 amide bonds. The molecule has 1 saturated carbocycles. The van der Waals surface area contributed by atoms with Gasteiger partial charge in [-0.25, -0.2) is 4.79 Å². The fourth-order valence-electron chi connectivity index (χ4n) is 1.90. The summed E-state index contributed by atoms with van der Waals surface area (Å²) < 4.78 is 10.2. The smallest absolute Gasteiger partial charge is 0.338 e. The quantitative estimate of drug-likeness (QED) is 0.488. The third-order valence-corrected chi connectivity index (χ3v) is 2.67. The Hall–Kier alpha value is -1.21. The summed E-state index contributed by atoms with van der Waals surface area (Å²) in [5.41, 5.74) is 4.99. The van der Waals surface area contributed by atoms with Gasteiger partial charge < -0.3 is 15.2 Å². The van der Waals surface area contributed by atoms with Crippen LogP contribution in [0, 0.1) is 16.7 Å². The van der Waals surface area contributed by atoms with Crippen LogP contribution in [0.3, 0.4) is 0 Å². The number of hydrogen-bond donors (Lipinski definition) is 1. The van der Waals surface area contributed by atoms with E-state index in [0.29, 0.717) is 13.2 Å². The van der Waals surface area contributed by atoms with E-state index in [-0.39, 0.29) is 24.7 Å². The van der Waals surface area contributed by atoms with Crippen molar-refractivity contribution in [2.24, 2.45) is 22.9 Å². The van der Waals surface area contributed by atoms with E-state index in [2.05, 4.69) is 5.29 Å². The number of rotatable bonds is 2. The van der Waals surface area contributed by atoms with Gasteiger partial charge in [0.1, 0.15) is 6.79 Å². The molecule has 0 aromatic carbocycles. The Morgan fingerprint density at radius 3 is 2.36 bits per heavy atom. The molecule has 2 atom stereocenters. The average Bonchev–Trinajstić information content (AvgIpc) is 2.82. The molecule has 7 heteroatoms. The van der Waals surface area contributed by atoms with Gasteiger partial charge in [-0.05, 0) is 0 Å². The van der Waals surface area contributed by atoms with Crippen LogP contribution in [0.25, 0.3) is 0 Å². The fourth-order valence-corrected chi connectivity index (χ4v) is 1.90. The number of nitrogens with two attached hydrogens (primary N) is 1. The fraction of sp³-hybridized carbons (Fsp3) is 0.857. The lowest BCUT2D eigenvalue weighted by Gasteiger charge is -2.11. The number of nitroso groups, excluding NO2 is 1. The maximum Gasteiger partial charge on any atom is 0.338 e. The number of carbonyl (C=O) groups excluding carboxylic acids is 1. The van der Waals surface area contributed by atoms with Gasteiger partial charge in [0, 0.05) is 11.8 Å². The van der Waals surface area contributed by atoms with E-state index >= 15 is 0 Å². The predicted octanol–water partition coefficient (Wildman–Crippen LogP) is -0.333. The van der Waals surface area contributed by atoms with Crippen molar-refractivity contribution in [1.82, 2.24) is 5.01 Å². The summed E-state index contributed by atoms with van der Waals surface area (Å²) >= 11 is 0. The van der Waals surface area contributed by atoms with Crippen molar-refractivity contribution < 1.29 is 14.3 Å². The Bertz CT molecular complexity index is 247. The van der Waals surface area contributed by atoms with E-state index in [4.69, 9.17) is 15.2 Å². The molecule has 2 fully saturated rings. The maximum atomic E-state index is 10.8. The molecule has 1 aliphatic heterocycles. The first-order valence-corrected chi connectivity index (χ1v) is 4.33. The Morgan fingerprint density at radius 1 is 1.36 bits per heavy atom. The minimum Gasteiger partial charge on any atom is -0.355 e. The lowest BCUT2D eigenvalue weighted by Crippen LogP contribution is -2.35. The number of hydrogen-bond acceptors (Lipinski definition) is 5. The number of urea groups is 1. The largest absolute Gasteiger partial charge is 0.355 e. The zero-order chi connectivity index (χ0) is 10.1. The van der Waals surface area contributed by atoms with Crippen molar-refractivity contribution in [3.63, 3.8) is 0 Å². The molecule has 0 radical (unpaired) electrons. The SMILES string of the molecule is NC(=O)N(N=O)C1C2COCOCC21. The molecular formula is C7H11N3O4. The first-order chi connectivity index (χ1) is 6.75. The summed E-state index contributed by atoms with van der Waals surface area (Å²) in [6.45, 7) is 1.23. The highest BCUT2D eigenvalue weighted by atomic mass is 16.7. The minimum absolute atomic E-state index is 0.127. The van der Waals surface area contributed by atoms with Gasteiger partial charge in [-0.3, -0.25) is 0 Å². The van der Waals surface area contributed by atoms with Crippen LogP contribution in [-0.2, 0) is 9.47 Å². The summed E-state index contributed by atoms with van der Waals surface area (Å²) in [6, 6.07) is -1.07. The summed E-state index contributed by atoms with van der Waals surface area (Å²) in [4.78, 5) is 21.2. The third kappa shape index (κ3) is 1.44. The lowest BCUT2D eigenvalue weighted by molar-refractivity contribution is -0.0466. The van der Waals surface area contributed by atoms with Gasteiger partial charge in [0.05, 0.1) is 24.5 Å². The van der Waals surface area contributed by atoms with E-state index in [1.54, 1.807) is 0 Å². The molecule has 0 aromatic rings. The van der Waals surface area contributed by atoms with Gasteiger partial charge in [0.25, 0.3) is 0 Å². The van der Waals surface area contributed by atoms with Crippen LogP contribution in [0.5, 0.6) is 0 Å². The standard InChI is InChI=1S/C7H11N3O4/c8-7(11)10(9-12)6-4-1-13-3-14-2-5(4)6/h4-6H,1-3H2,(H2,8,11). The van der Waals surface area contributed by atoms with Crippen LogP contribution in [0.4, 0.5) is 4.79 Å². The van der Waals surface area contributed by atoms with Crippen LogP contribution in [0.15, 0.2) is 5.29 Å². The molecule has 2 rings (SSSR count). The number of primary amides is 1. The highest BCUT2D eigenvalue weighted by Gasteiger charge is 2.56. The van der Waals surface area contributed by atoms with Crippen molar-refractivity contribution in [2.75, 3.05) is 20.0 Å². The first kappa shape index (κ1) is 9.35. The Kier molecular flexibility index (Phi) is 2.34. The second-order valence-corrected chi connectivity index (χ2v) is 3.44.